The molecule has 1 fully saturated rings. The average molecular weight is 467 g/mol. The lowest BCUT2D eigenvalue weighted by Crippen LogP contribution is -2.25. The van der Waals surface area contributed by atoms with Gasteiger partial charge in [-0.3, -0.25) is 14.9 Å². The fraction of sp³-hybridized carbons (Fsp3) is 0.238. The van der Waals surface area contributed by atoms with Gasteiger partial charge in [-0.15, -0.1) is 0 Å². The Morgan fingerprint density at radius 1 is 1.25 bits per heavy atom. The first kappa shape index (κ1) is 21.8. The van der Waals surface area contributed by atoms with Crippen LogP contribution in [0.25, 0.3) is 22.2 Å². The summed E-state index contributed by atoms with van der Waals surface area (Å²) >= 11 is 5.89. The van der Waals surface area contributed by atoms with Gasteiger partial charge in [0.15, 0.2) is 17.5 Å². The van der Waals surface area contributed by atoms with Gasteiger partial charge in [-0.25, -0.2) is 18.0 Å². The largest absolute Gasteiger partial charge is 0.462 e. The van der Waals surface area contributed by atoms with Crippen LogP contribution < -0.4 is 5.43 Å². The van der Waals surface area contributed by atoms with Crippen molar-refractivity contribution < 1.29 is 27.6 Å². The Balaban J connectivity index is 2.28. The molecular weight excluding hydrogens is 453 g/mol. The van der Waals surface area contributed by atoms with Crippen LogP contribution in [0.15, 0.2) is 29.1 Å². The van der Waals surface area contributed by atoms with Crippen molar-refractivity contribution in [3.8, 4) is 11.3 Å². The van der Waals surface area contributed by atoms with E-state index in [0.717, 1.165) is 10.6 Å². The molecule has 1 heterocycles. The number of esters is 1. The van der Waals surface area contributed by atoms with Crippen LogP contribution in [-0.4, -0.2) is 22.1 Å². The molecule has 2 aromatic carbocycles. The van der Waals surface area contributed by atoms with Gasteiger partial charge in [0.05, 0.1) is 33.7 Å². The number of aromatic nitrogens is 1. The number of benzene rings is 2. The van der Waals surface area contributed by atoms with E-state index in [9.17, 15) is 32.9 Å². The molecule has 7 nitrogen and oxygen atoms in total. The number of ether oxygens (including phenoxy) is 1. The van der Waals surface area contributed by atoms with Gasteiger partial charge >= 0.3 is 5.97 Å². The summed E-state index contributed by atoms with van der Waals surface area (Å²) in [5, 5.41) is 11.2. The van der Waals surface area contributed by atoms with Gasteiger partial charge in [0.2, 0.25) is 5.43 Å². The molecule has 1 aromatic heterocycles. The van der Waals surface area contributed by atoms with E-state index in [4.69, 9.17) is 16.3 Å². The van der Waals surface area contributed by atoms with E-state index in [-0.39, 0.29) is 22.9 Å². The molecule has 0 atom stereocenters. The Morgan fingerprint density at radius 2 is 1.94 bits per heavy atom. The molecule has 4 rings (SSSR count). The summed E-state index contributed by atoms with van der Waals surface area (Å²) in [4.78, 5) is 37.0. The first-order valence-corrected chi connectivity index (χ1v) is 9.92. The highest BCUT2D eigenvalue weighted by Crippen LogP contribution is 2.44. The Labute approximate surface area is 183 Å². The van der Waals surface area contributed by atoms with Gasteiger partial charge < -0.3 is 9.30 Å². The molecule has 0 amide bonds. The normalized spacial score (nSPS) is 13.4. The molecular formula is C21H14ClF3N2O5. The minimum absolute atomic E-state index is 0.0125. The van der Waals surface area contributed by atoms with E-state index < -0.39 is 62.0 Å². The fourth-order valence-corrected chi connectivity index (χ4v) is 3.85. The number of pyridine rings is 1. The van der Waals surface area contributed by atoms with Crippen molar-refractivity contribution in [2.75, 3.05) is 6.61 Å². The zero-order valence-corrected chi connectivity index (χ0v) is 17.2. The SMILES string of the molecule is CCOC(=O)c1c(-c2ccc(Cl)cc2[N+](=O)[O-])n(C2CC2)c2c(F)c(F)c(F)cc2c1=O. The number of halogens is 4. The second-order valence-electron chi connectivity index (χ2n) is 7.18. The van der Waals surface area contributed by atoms with E-state index in [2.05, 4.69) is 0 Å². The second-order valence-corrected chi connectivity index (χ2v) is 7.61. The number of hydrogen-bond donors (Lipinski definition) is 0. The summed E-state index contributed by atoms with van der Waals surface area (Å²) in [6.45, 7) is 1.35. The van der Waals surface area contributed by atoms with Gasteiger partial charge in [-0.1, -0.05) is 11.6 Å². The van der Waals surface area contributed by atoms with Gasteiger partial charge in [0.25, 0.3) is 5.69 Å². The zero-order valence-electron chi connectivity index (χ0n) is 16.5. The predicted octanol–water partition coefficient (Wildman–Crippen LogP) is 5.16. The molecule has 3 aromatic rings. The second kappa shape index (κ2) is 7.94. The van der Waals surface area contributed by atoms with E-state index in [1.165, 1.54) is 19.1 Å². The van der Waals surface area contributed by atoms with Crippen LogP contribution in [0, 0.1) is 27.6 Å². The van der Waals surface area contributed by atoms with Crippen molar-refractivity contribution in [3.63, 3.8) is 0 Å². The summed E-state index contributed by atoms with van der Waals surface area (Å²) in [6, 6.07) is 3.53. The first-order valence-electron chi connectivity index (χ1n) is 9.54. The molecule has 0 spiro atoms. The molecule has 0 N–H and O–H groups in total. The van der Waals surface area contributed by atoms with Crippen molar-refractivity contribution in [3.05, 3.63) is 72.6 Å². The number of nitro groups is 1. The number of carbonyl (C=O) groups excluding carboxylic acids is 1. The van der Waals surface area contributed by atoms with Crippen LogP contribution >= 0.6 is 11.6 Å². The van der Waals surface area contributed by atoms with Crippen molar-refractivity contribution in [1.82, 2.24) is 4.57 Å². The average Bonchev–Trinajstić information content (AvgIpc) is 3.57. The molecule has 1 aliphatic carbocycles. The third kappa shape index (κ3) is 3.40. The van der Waals surface area contributed by atoms with Crippen LogP contribution in [0.2, 0.25) is 5.02 Å². The van der Waals surface area contributed by atoms with Crippen LogP contribution in [0.4, 0.5) is 18.9 Å². The molecule has 0 bridgehead atoms. The van der Waals surface area contributed by atoms with Crippen molar-refractivity contribution in [2.24, 2.45) is 0 Å². The Hall–Kier alpha value is -3.40. The fourth-order valence-electron chi connectivity index (χ4n) is 3.68. The molecule has 11 heteroatoms. The van der Waals surface area contributed by atoms with Gasteiger partial charge in [-0.05, 0) is 38.0 Å². The lowest BCUT2D eigenvalue weighted by atomic mass is 9.99. The van der Waals surface area contributed by atoms with Crippen LogP contribution in [0.3, 0.4) is 0 Å². The number of nitro benzene ring substituents is 1. The highest BCUT2D eigenvalue weighted by molar-refractivity contribution is 6.31. The highest BCUT2D eigenvalue weighted by Gasteiger charge is 2.36. The van der Waals surface area contributed by atoms with E-state index in [1.807, 2.05) is 0 Å². The quantitative estimate of drug-likeness (QED) is 0.224. The Morgan fingerprint density at radius 3 is 2.53 bits per heavy atom. The summed E-state index contributed by atoms with van der Waals surface area (Å²) < 4.78 is 49.2. The summed E-state index contributed by atoms with van der Waals surface area (Å²) in [6.07, 6.45) is 0.931. The lowest BCUT2D eigenvalue weighted by Gasteiger charge is -2.20. The van der Waals surface area contributed by atoms with Crippen LogP contribution in [-0.2, 0) is 4.74 Å². The molecule has 0 radical (unpaired) electrons. The molecule has 1 saturated carbocycles. The molecule has 166 valence electrons. The van der Waals surface area contributed by atoms with Crippen molar-refractivity contribution in [1.29, 1.82) is 0 Å². The molecule has 1 aliphatic rings. The van der Waals surface area contributed by atoms with Gasteiger partial charge in [0, 0.05) is 17.1 Å². The molecule has 0 unspecified atom stereocenters. The highest BCUT2D eigenvalue weighted by atomic mass is 35.5. The smallest absolute Gasteiger partial charge is 0.344 e. The van der Waals surface area contributed by atoms with E-state index in [1.54, 1.807) is 0 Å². The Bertz CT molecular complexity index is 1370. The van der Waals surface area contributed by atoms with E-state index in [0.29, 0.717) is 18.9 Å². The minimum Gasteiger partial charge on any atom is -0.462 e. The topological polar surface area (TPSA) is 91.4 Å². The van der Waals surface area contributed by atoms with Crippen LogP contribution in [0.1, 0.15) is 36.2 Å². The molecule has 0 saturated heterocycles. The maximum atomic E-state index is 14.9. The number of hydrogen-bond acceptors (Lipinski definition) is 5. The van der Waals surface area contributed by atoms with Crippen molar-refractivity contribution in [2.45, 2.75) is 25.8 Å². The third-order valence-electron chi connectivity index (χ3n) is 5.13. The monoisotopic (exact) mass is 466 g/mol. The van der Waals surface area contributed by atoms with Gasteiger partial charge in [0.1, 0.15) is 5.56 Å². The number of carbonyl (C=O) groups is 1. The maximum Gasteiger partial charge on any atom is 0.344 e. The summed E-state index contributed by atoms with van der Waals surface area (Å²) in [5.74, 6) is -6.16. The summed E-state index contributed by atoms with van der Waals surface area (Å²) in [5.41, 5.74) is -3.42. The zero-order chi connectivity index (χ0) is 23.3. The number of nitrogens with zero attached hydrogens (tertiary/aromatic N) is 2. The van der Waals surface area contributed by atoms with Gasteiger partial charge in [-0.2, -0.15) is 0 Å². The number of fused-ring (bicyclic) bond motifs is 1. The third-order valence-corrected chi connectivity index (χ3v) is 5.37. The van der Waals surface area contributed by atoms with Crippen molar-refractivity contribution >= 4 is 34.2 Å². The number of rotatable bonds is 5. The first-order chi connectivity index (χ1) is 15.2. The van der Waals surface area contributed by atoms with Crippen LogP contribution in [0.5, 0.6) is 0 Å². The minimum atomic E-state index is -1.80. The standard InChI is InChI=1S/C21H14ClF3N2O5/c1-2-32-21(29)15-18(11-6-3-9(22)7-14(11)27(30)31)26(10-4-5-10)19-12(20(15)28)8-13(23)16(24)17(19)25/h3,6-8,10H,2,4-5H2,1H3. The maximum absolute atomic E-state index is 14.9. The lowest BCUT2D eigenvalue weighted by molar-refractivity contribution is -0.384. The predicted molar refractivity (Wildman–Crippen MR) is 109 cm³/mol. The summed E-state index contributed by atoms with van der Waals surface area (Å²) in [7, 11) is 0. The molecule has 0 aliphatic heterocycles. The van der Waals surface area contributed by atoms with E-state index >= 15 is 0 Å². The molecule has 32 heavy (non-hydrogen) atoms. The Kier molecular flexibility index (Phi) is 5.41.